The van der Waals surface area contributed by atoms with Crippen molar-refractivity contribution < 1.29 is 8.78 Å². The summed E-state index contributed by atoms with van der Waals surface area (Å²) in [6, 6.07) is 5.15. The molecular weight excluding hydrogens is 355 g/mol. The Morgan fingerprint density at radius 1 is 1.29 bits per heavy atom. The molecule has 1 aliphatic rings. The van der Waals surface area contributed by atoms with Gasteiger partial charge in [0.2, 0.25) is 0 Å². The van der Waals surface area contributed by atoms with Gasteiger partial charge in [-0.05, 0) is 42.5 Å². The quantitative estimate of drug-likeness (QED) is 0.834. The van der Waals surface area contributed by atoms with Crippen molar-refractivity contribution in [3.05, 3.63) is 56.8 Å². The number of hydrogen-bond acceptors (Lipinski definition) is 2. The van der Waals surface area contributed by atoms with Crippen LogP contribution in [0.15, 0.2) is 24.3 Å². The fourth-order valence-electron chi connectivity index (χ4n) is 3.14. The van der Waals surface area contributed by atoms with Crippen LogP contribution in [0.1, 0.15) is 41.8 Å². The Balaban J connectivity index is 2.09. The van der Waals surface area contributed by atoms with Gasteiger partial charge in [-0.1, -0.05) is 35.3 Å². The minimum atomic E-state index is -2.60. The fraction of sp³-hybridized carbons (Fsp3) is 0.353. The van der Waals surface area contributed by atoms with Crippen molar-refractivity contribution >= 4 is 28.8 Å². The Hall–Kier alpha value is -1.43. The average Bonchev–Trinajstić information content (AvgIpc) is 2.90. The summed E-state index contributed by atoms with van der Waals surface area (Å²) in [6.45, 7) is 0.679. The largest absolute Gasteiger partial charge is 0.327 e. The minimum Gasteiger partial charge on any atom is -0.327 e. The summed E-state index contributed by atoms with van der Waals surface area (Å²) in [5.41, 5.74) is 8.64. The van der Waals surface area contributed by atoms with E-state index in [1.807, 2.05) is 6.08 Å². The first kappa shape index (κ1) is 17.4. The summed E-state index contributed by atoms with van der Waals surface area (Å²) in [7, 11) is 0. The first-order chi connectivity index (χ1) is 11.5. The number of hydrogen-bond donors (Lipinski definition) is 1. The Morgan fingerprint density at radius 2 is 2.08 bits per heavy atom. The van der Waals surface area contributed by atoms with E-state index in [1.165, 1.54) is 0 Å². The highest BCUT2D eigenvalue weighted by molar-refractivity contribution is 6.35. The molecule has 24 heavy (non-hydrogen) atoms. The van der Waals surface area contributed by atoms with Crippen LogP contribution in [0.3, 0.4) is 0 Å². The topological polar surface area (TPSA) is 43.8 Å². The number of benzene rings is 1. The molecule has 0 atom stereocenters. The number of nitrogens with zero attached hydrogens (tertiary/aromatic N) is 2. The Morgan fingerprint density at radius 3 is 2.75 bits per heavy atom. The van der Waals surface area contributed by atoms with E-state index in [9.17, 15) is 8.78 Å². The number of fused-ring (bicyclic) bond motifs is 1. The highest BCUT2D eigenvalue weighted by Crippen LogP contribution is 2.37. The molecule has 0 saturated heterocycles. The van der Waals surface area contributed by atoms with Gasteiger partial charge in [0.25, 0.3) is 6.43 Å². The predicted octanol–water partition coefficient (Wildman–Crippen LogP) is 4.85. The molecule has 0 unspecified atom stereocenters. The zero-order valence-corrected chi connectivity index (χ0v) is 14.4. The van der Waals surface area contributed by atoms with E-state index < -0.39 is 6.43 Å². The van der Waals surface area contributed by atoms with Crippen molar-refractivity contribution in [1.29, 1.82) is 0 Å². The van der Waals surface area contributed by atoms with Crippen molar-refractivity contribution in [2.24, 2.45) is 5.73 Å². The minimum absolute atomic E-state index is 0.141. The molecule has 0 bridgehead atoms. The third kappa shape index (κ3) is 3.34. The van der Waals surface area contributed by atoms with Gasteiger partial charge in [0, 0.05) is 22.2 Å². The van der Waals surface area contributed by atoms with Gasteiger partial charge in [0.1, 0.15) is 5.69 Å². The Labute approximate surface area is 149 Å². The van der Waals surface area contributed by atoms with Crippen molar-refractivity contribution in [1.82, 2.24) is 9.78 Å². The van der Waals surface area contributed by atoms with Gasteiger partial charge in [-0.3, -0.25) is 4.68 Å². The lowest BCUT2D eigenvalue weighted by Gasteiger charge is -2.18. The van der Waals surface area contributed by atoms with E-state index in [0.717, 1.165) is 29.7 Å². The molecule has 2 N–H and O–H groups in total. The van der Waals surface area contributed by atoms with Crippen LogP contribution in [-0.2, 0) is 13.0 Å². The lowest BCUT2D eigenvalue weighted by atomic mass is 9.91. The molecule has 3 nitrogen and oxygen atoms in total. The number of halogens is 4. The van der Waals surface area contributed by atoms with Gasteiger partial charge in [-0.2, -0.15) is 5.10 Å². The third-order valence-electron chi connectivity index (χ3n) is 4.16. The second-order valence-electron chi connectivity index (χ2n) is 5.73. The maximum atomic E-state index is 13.4. The van der Waals surface area contributed by atoms with E-state index in [4.69, 9.17) is 28.9 Å². The molecule has 1 aliphatic carbocycles. The molecule has 128 valence electrons. The Kier molecular flexibility index (Phi) is 5.23. The van der Waals surface area contributed by atoms with Crippen LogP contribution in [0, 0.1) is 0 Å². The molecule has 0 radical (unpaired) electrons. The van der Waals surface area contributed by atoms with Crippen LogP contribution >= 0.6 is 23.2 Å². The van der Waals surface area contributed by atoms with Gasteiger partial charge >= 0.3 is 0 Å². The highest BCUT2D eigenvalue weighted by atomic mass is 35.5. The van der Waals surface area contributed by atoms with Gasteiger partial charge in [-0.15, -0.1) is 0 Å². The average molecular weight is 372 g/mol. The molecule has 7 heteroatoms. The van der Waals surface area contributed by atoms with Gasteiger partial charge in [-0.25, -0.2) is 8.78 Å². The summed E-state index contributed by atoms with van der Waals surface area (Å²) >= 11 is 12.1. The summed E-state index contributed by atoms with van der Waals surface area (Å²) in [5, 5.41) is 5.20. The number of nitrogens with two attached hydrogens (primary N) is 1. The van der Waals surface area contributed by atoms with E-state index in [0.29, 0.717) is 35.1 Å². The molecule has 0 amide bonds. The smallest absolute Gasteiger partial charge is 0.282 e. The van der Waals surface area contributed by atoms with Gasteiger partial charge < -0.3 is 5.73 Å². The first-order valence-electron chi connectivity index (χ1n) is 7.72. The maximum Gasteiger partial charge on any atom is 0.282 e. The zero-order valence-electron chi connectivity index (χ0n) is 12.9. The van der Waals surface area contributed by atoms with Crippen molar-refractivity contribution in [3.8, 4) is 0 Å². The molecule has 0 aliphatic heterocycles. The first-order valence-corrected chi connectivity index (χ1v) is 8.48. The number of rotatable bonds is 4. The van der Waals surface area contributed by atoms with Crippen molar-refractivity contribution in [2.45, 2.75) is 32.2 Å². The monoisotopic (exact) mass is 371 g/mol. The summed E-state index contributed by atoms with van der Waals surface area (Å²) in [5.74, 6) is 0. The van der Waals surface area contributed by atoms with E-state index in [-0.39, 0.29) is 5.69 Å². The van der Waals surface area contributed by atoms with E-state index >= 15 is 0 Å². The van der Waals surface area contributed by atoms with Crippen LogP contribution in [-0.4, -0.2) is 16.3 Å². The van der Waals surface area contributed by atoms with Crippen LogP contribution in [0.5, 0.6) is 0 Å². The zero-order chi connectivity index (χ0) is 17.3. The second-order valence-corrected chi connectivity index (χ2v) is 6.57. The summed E-state index contributed by atoms with van der Waals surface area (Å²) in [4.78, 5) is 0. The van der Waals surface area contributed by atoms with Crippen LogP contribution in [0.25, 0.3) is 5.57 Å². The van der Waals surface area contributed by atoms with Crippen LogP contribution in [0.2, 0.25) is 10.0 Å². The van der Waals surface area contributed by atoms with Crippen molar-refractivity contribution in [2.75, 3.05) is 6.54 Å². The second kappa shape index (κ2) is 7.21. The molecule has 0 saturated carbocycles. The molecule has 1 aromatic heterocycles. The lowest BCUT2D eigenvalue weighted by molar-refractivity contribution is 0.144. The van der Waals surface area contributed by atoms with Gasteiger partial charge in [0.15, 0.2) is 0 Å². The Bertz CT molecular complexity index is 784. The molecular formula is C17H17Cl2F2N3. The third-order valence-corrected chi connectivity index (χ3v) is 4.75. The van der Waals surface area contributed by atoms with Crippen LogP contribution < -0.4 is 5.73 Å². The standard InChI is InChI=1S/C17H17Cl2F2N3/c18-12-5-4-11(14(19)8-12)9-24-16-10(6-7-22)2-1-3-13(16)15(23-24)17(20)21/h4-6,8,17H,1-3,7,9,22H2/b10-6+. The highest BCUT2D eigenvalue weighted by Gasteiger charge is 2.28. The fourth-order valence-corrected chi connectivity index (χ4v) is 3.61. The molecule has 0 spiro atoms. The van der Waals surface area contributed by atoms with E-state index in [2.05, 4.69) is 5.10 Å². The predicted molar refractivity (Wildman–Crippen MR) is 92.7 cm³/mol. The maximum absolute atomic E-state index is 13.4. The van der Waals surface area contributed by atoms with Crippen molar-refractivity contribution in [3.63, 3.8) is 0 Å². The molecule has 1 aromatic carbocycles. The molecule has 1 heterocycles. The summed E-state index contributed by atoms with van der Waals surface area (Å²) < 4.78 is 28.4. The number of allylic oxidation sites excluding steroid dienone is 1. The lowest BCUT2D eigenvalue weighted by Crippen LogP contribution is -2.11. The molecule has 3 rings (SSSR count). The SMILES string of the molecule is NC/C=C1\CCCc2c(C(F)F)nn(Cc3ccc(Cl)cc3Cl)c21. The van der Waals surface area contributed by atoms with E-state index in [1.54, 1.807) is 22.9 Å². The number of alkyl halides is 2. The normalized spacial score (nSPS) is 16.0. The van der Waals surface area contributed by atoms with Crippen LogP contribution in [0.4, 0.5) is 8.78 Å². The molecule has 2 aromatic rings. The molecule has 0 fully saturated rings. The number of aromatic nitrogens is 2. The van der Waals surface area contributed by atoms with Gasteiger partial charge in [0.05, 0.1) is 12.2 Å². The summed E-state index contributed by atoms with van der Waals surface area (Å²) in [6.07, 6.45) is 1.52.